The molecule has 0 saturated heterocycles. The Kier molecular flexibility index (Phi) is 4.60. The third kappa shape index (κ3) is 3.80. The second-order valence-corrected chi connectivity index (χ2v) is 6.12. The summed E-state index contributed by atoms with van der Waals surface area (Å²) in [6.07, 6.45) is 10.0. The van der Waals surface area contributed by atoms with Crippen molar-refractivity contribution >= 4 is 23.2 Å². The molecule has 0 bridgehead atoms. The van der Waals surface area contributed by atoms with Crippen LogP contribution in [0.25, 0.3) is 0 Å². The minimum Gasteiger partial charge on any atom is -0.375 e. The number of alkyl halides is 2. The molecule has 2 rings (SSSR count). The highest BCUT2D eigenvalue weighted by atomic mass is 35.5. The number of ether oxygens (including phenoxy) is 1. The van der Waals surface area contributed by atoms with Gasteiger partial charge in [0, 0.05) is 10.8 Å². The van der Waals surface area contributed by atoms with Crippen molar-refractivity contribution in [3.63, 3.8) is 0 Å². The van der Waals surface area contributed by atoms with Gasteiger partial charge < -0.3 is 4.74 Å². The van der Waals surface area contributed by atoms with Gasteiger partial charge in [-0.25, -0.2) is 0 Å². The van der Waals surface area contributed by atoms with E-state index in [1.165, 1.54) is 0 Å². The zero-order valence-corrected chi connectivity index (χ0v) is 10.6. The van der Waals surface area contributed by atoms with Gasteiger partial charge in [-0.2, -0.15) is 0 Å². The predicted octanol–water partition coefficient (Wildman–Crippen LogP) is 4.10. The molecular formula is C12H20Cl2O. The third-order valence-electron chi connectivity index (χ3n) is 3.59. The summed E-state index contributed by atoms with van der Waals surface area (Å²) < 4.78 is 6.11. The monoisotopic (exact) mass is 250 g/mol. The van der Waals surface area contributed by atoms with Crippen LogP contribution < -0.4 is 0 Å². The van der Waals surface area contributed by atoms with Crippen molar-refractivity contribution in [2.24, 2.45) is 0 Å². The van der Waals surface area contributed by atoms with Crippen LogP contribution in [0.2, 0.25) is 0 Å². The molecule has 0 aliphatic heterocycles. The summed E-state index contributed by atoms with van der Waals surface area (Å²) in [5.41, 5.74) is 0. The van der Waals surface area contributed by atoms with Crippen LogP contribution in [0.15, 0.2) is 0 Å². The topological polar surface area (TPSA) is 9.23 Å². The van der Waals surface area contributed by atoms with Crippen LogP contribution in [0.4, 0.5) is 0 Å². The van der Waals surface area contributed by atoms with Gasteiger partial charge in [-0.1, -0.05) is 0 Å². The fourth-order valence-corrected chi connectivity index (χ4v) is 3.09. The van der Waals surface area contributed by atoms with Crippen LogP contribution in [-0.4, -0.2) is 23.0 Å². The number of rotatable bonds is 2. The van der Waals surface area contributed by atoms with E-state index in [0.29, 0.717) is 23.0 Å². The highest BCUT2D eigenvalue weighted by Crippen LogP contribution is 2.30. The van der Waals surface area contributed by atoms with Gasteiger partial charge in [-0.15, -0.1) is 23.2 Å². The fraction of sp³-hybridized carbons (Fsp3) is 1.00. The van der Waals surface area contributed by atoms with Crippen molar-refractivity contribution in [2.45, 2.75) is 74.3 Å². The molecule has 2 fully saturated rings. The summed E-state index contributed by atoms with van der Waals surface area (Å²) in [7, 11) is 0. The zero-order chi connectivity index (χ0) is 10.7. The first-order valence-electron chi connectivity index (χ1n) is 6.17. The van der Waals surface area contributed by atoms with Gasteiger partial charge in [0.1, 0.15) is 0 Å². The molecule has 0 radical (unpaired) electrons. The van der Waals surface area contributed by atoms with E-state index in [-0.39, 0.29) is 0 Å². The van der Waals surface area contributed by atoms with E-state index < -0.39 is 0 Å². The molecule has 0 spiro atoms. The van der Waals surface area contributed by atoms with E-state index in [2.05, 4.69) is 0 Å². The lowest BCUT2D eigenvalue weighted by molar-refractivity contribution is -0.0441. The standard InChI is InChI=1S/C12H20Cl2O/c13-9-1-5-11(6-2-9)15-12-7-3-10(14)4-8-12/h9-12H,1-8H2. The van der Waals surface area contributed by atoms with Gasteiger partial charge >= 0.3 is 0 Å². The minimum atomic E-state index is 0.392. The molecule has 0 N–H and O–H groups in total. The first-order valence-corrected chi connectivity index (χ1v) is 7.05. The second-order valence-electron chi connectivity index (χ2n) is 4.88. The Labute approximate surface area is 102 Å². The lowest BCUT2D eigenvalue weighted by Gasteiger charge is -2.32. The number of hydrogen-bond acceptors (Lipinski definition) is 1. The Morgan fingerprint density at radius 3 is 1.27 bits per heavy atom. The van der Waals surface area contributed by atoms with Crippen LogP contribution in [0.5, 0.6) is 0 Å². The largest absolute Gasteiger partial charge is 0.375 e. The van der Waals surface area contributed by atoms with Crippen molar-refractivity contribution < 1.29 is 4.74 Å². The molecule has 0 atom stereocenters. The average molecular weight is 251 g/mol. The SMILES string of the molecule is ClC1CCC(OC2CCC(Cl)CC2)CC1. The van der Waals surface area contributed by atoms with Crippen LogP contribution in [-0.2, 0) is 4.74 Å². The molecule has 0 aromatic carbocycles. The van der Waals surface area contributed by atoms with E-state index in [1.54, 1.807) is 0 Å². The molecule has 2 aliphatic rings. The lowest BCUT2D eigenvalue weighted by Crippen LogP contribution is -2.30. The van der Waals surface area contributed by atoms with Crippen LogP contribution in [0, 0.1) is 0 Å². The maximum absolute atomic E-state index is 6.11. The molecule has 0 aromatic rings. The predicted molar refractivity (Wildman–Crippen MR) is 64.9 cm³/mol. The first kappa shape index (κ1) is 12.0. The van der Waals surface area contributed by atoms with E-state index in [0.717, 1.165) is 51.4 Å². The Morgan fingerprint density at radius 1 is 0.600 bits per heavy atom. The maximum atomic E-state index is 6.11. The Hall–Kier alpha value is 0.540. The summed E-state index contributed by atoms with van der Waals surface area (Å²) in [4.78, 5) is 0. The summed E-state index contributed by atoms with van der Waals surface area (Å²) in [6.45, 7) is 0. The fourth-order valence-electron chi connectivity index (χ4n) is 2.59. The van der Waals surface area contributed by atoms with Crippen molar-refractivity contribution in [2.75, 3.05) is 0 Å². The normalized spacial score (nSPS) is 42.8. The van der Waals surface area contributed by atoms with Gasteiger partial charge in [0.25, 0.3) is 0 Å². The van der Waals surface area contributed by atoms with Crippen molar-refractivity contribution in [3.8, 4) is 0 Å². The molecule has 3 heteroatoms. The molecule has 0 aromatic heterocycles. The Morgan fingerprint density at radius 2 is 0.933 bits per heavy atom. The summed E-state index contributed by atoms with van der Waals surface area (Å²) in [5, 5.41) is 0.784. The Bertz CT molecular complexity index is 162. The molecule has 15 heavy (non-hydrogen) atoms. The van der Waals surface area contributed by atoms with Crippen LogP contribution in [0.1, 0.15) is 51.4 Å². The molecule has 88 valence electrons. The quantitative estimate of drug-likeness (QED) is 0.671. The van der Waals surface area contributed by atoms with E-state index >= 15 is 0 Å². The van der Waals surface area contributed by atoms with E-state index in [9.17, 15) is 0 Å². The molecule has 0 heterocycles. The van der Waals surface area contributed by atoms with Crippen LogP contribution in [0.3, 0.4) is 0 Å². The second kappa shape index (κ2) is 5.75. The lowest BCUT2D eigenvalue weighted by atomic mass is 9.94. The van der Waals surface area contributed by atoms with Gasteiger partial charge in [0.05, 0.1) is 12.2 Å². The summed E-state index contributed by atoms with van der Waals surface area (Å²) in [6, 6.07) is 0. The van der Waals surface area contributed by atoms with Crippen molar-refractivity contribution in [1.29, 1.82) is 0 Å². The number of hydrogen-bond donors (Lipinski definition) is 0. The highest BCUT2D eigenvalue weighted by molar-refractivity contribution is 6.20. The smallest absolute Gasteiger partial charge is 0.0580 e. The van der Waals surface area contributed by atoms with E-state index in [1.807, 2.05) is 0 Å². The summed E-state index contributed by atoms with van der Waals surface area (Å²) >= 11 is 12.1. The van der Waals surface area contributed by atoms with Gasteiger partial charge in [-0.3, -0.25) is 0 Å². The van der Waals surface area contributed by atoms with Gasteiger partial charge in [0.15, 0.2) is 0 Å². The molecule has 2 saturated carbocycles. The molecule has 2 aliphatic carbocycles. The van der Waals surface area contributed by atoms with Crippen molar-refractivity contribution in [3.05, 3.63) is 0 Å². The average Bonchev–Trinajstić information content (AvgIpc) is 2.25. The first-order chi connectivity index (χ1) is 7.24. The molecule has 0 amide bonds. The zero-order valence-electron chi connectivity index (χ0n) is 9.13. The highest BCUT2D eigenvalue weighted by Gasteiger charge is 2.25. The molecule has 1 nitrogen and oxygen atoms in total. The van der Waals surface area contributed by atoms with Crippen molar-refractivity contribution in [1.82, 2.24) is 0 Å². The molecule has 0 unspecified atom stereocenters. The van der Waals surface area contributed by atoms with Gasteiger partial charge in [-0.05, 0) is 51.4 Å². The van der Waals surface area contributed by atoms with Gasteiger partial charge in [0.2, 0.25) is 0 Å². The van der Waals surface area contributed by atoms with Crippen LogP contribution >= 0.6 is 23.2 Å². The van der Waals surface area contributed by atoms with E-state index in [4.69, 9.17) is 27.9 Å². The third-order valence-corrected chi connectivity index (χ3v) is 4.47. The maximum Gasteiger partial charge on any atom is 0.0580 e. The summed E-state index contributed by atoms with van der Waals surface area (Å²) in [5.74, 6) is 0. The minimum absolute atomic E-state index is 0.392. The Balaban J connectivity index is 1.68. The number of halogens is 2. The molecular weight excluding hydrogens is 231 g/mol.